The van der Waals surface area contributed by atoms with Crippen molar-refractivity contribution in [2.24, 2.45) is 0 Å². The van der Waals surface area contributed by atoms with Gasteiger partial charge in [0.1, 0.15) is 11.4 Å². The zero-order valence-electron chi connectivity index (χ0n) is 24.5. The number of hydrogen-bond acceptors (Lipinski definition) is 7. The summed E-state index contributed by atoms with van der Waals surface area (Å²) >= 11 is 0. The van der Waals surface area contributed by atoms with Crippen LogP contribution in [-0.4, -0.2) is 41.0 Å². The van der Waals surface area contributed by atoms with Gasteiger partial charge in [-0.05, 0) is 85.2 Å². The van der Waals surface area contributed by atoms with E-state index in [1.54, 1.807) is 6.20 Å². The van der Waals surface area contributed by atoms with Gasteiger partial charge in [0.15, 0.2) is 0 Å². The van der Waals surface area contributed by atoms with Crippen LogP contribution in [0.5, 0.6) is 0 Å². The van der Waals surface area contributed by atoms with Gasteiger partial charge < -0.3 is 20.7 Å². The number of fused-ring (bicyclic) bond motifs is 4. The molecule has 3 N–H and O–H groups in total. The number of pyridine rings is 2. The van der Waals surface area contributed by atoms with Crippen LogP contribution in [0.15, 0.2) is 73.1 Å². The quantitative estimate of drug-likeness (QED) is 0.244. The van der Waals surface area contributed by atoms with Crippen LogP contribution in [0.2, 0.25) is 0 Å². The van der Waals surface area contributed by atoms with Crippen molar-refractivity contribution in [2.75, 3.05) is 19.0 Å². The standard InChI is InChI=1S/C35H37N5O3/c1-43-33(42)35(12-5-6-13-35)39-15-11-29(24-8-3-2-4-9-24)37-21-23-16-25-17-26-19-34(20-27(26)18-30(25)38-22-23)28-10-7-14-36-31(28)40-32(34)41/h2-4,7-10,14,16-18,22,29,37,39H,5-6,11-13,15,19-21H2,1H3,(H,36,40,41)/t29-,34-/m0/s1. The molecule has 2 aromatic heterocycles. The number of amides is 1. The Hall–Kier alpha value is -4.14. The van der Waals surface area contributed by atoms with E-state index in [4.69, 9.17) is 9.72 Å². The smallest absolute Gasteiger partial charge is 0.326 e. The number of rotatable bonds is 9. The third-order valence-electron chi connectivity index (χ3n) is 9.72. The minimum Gasteiger partial charge on any atom is -0.468 e. The fraction of sp³-hybridized carbons (Fsp3) is 0.371. The highest BCUT2D eigenvalue weighted by atomic mass is 16.5. The number of hydrogen-bond donors (Lipinski definition) is 3. The first-order valence-corrected chi connectivity index (χ1v) is 15.3. The van der Waals surface area contributed by atoms with Gasteiger partial charge in [0.25, 0.3) is 0 Å². The number of ether oxygens (including phenoxy) is 1. The van der Waals surface area contributed by atoms with E-state index in [9.17, 15) is 9.59 Å². The normalized spacial score (nSPS) is 20.6. The molecule has 0 unspecified atom stereocenters. The number of carbonyl (C=O) groups is 2. The molecule has 8 heteroatoms. The Morgan fingerprint density at radius 1 is 1.02 bits per heavy atom. The van der Waals surface area contributed by atoms with Crippen LogP contribution in [-0.2, 0) is 39.1 Å². The molecule has 3 aliphatic rings. The van der Waals surface area contributed by atoms with E-state index < -0.39 is 11.0 Å². The Labute approximate surface area is 251 Å². The second-order valence-electron chi connectivity index (χ2n) is 12.3. The van der Waals surface area contributed by atoms with Gasteiger partial charge in [0.05, 0.1) is 18.0 Å². The molecule has 43 heavy (non-hydrogen) atoms. The van der Waals surface area contributed by atoms with Crippen molar-refractivity contribution in [3.63, 3.8) is 0 Å². The van der Waals surface area contributed by atoms with Crippen molar-refractivity contribution < 1.29 is 14.3 Å². The molecule has 0 saturated heterocycles. The maximum Gasteiger partial charge on any atom is 0.326 e. The maximum absolute atomic E-state index is 13.2. The molecule has 1 aliphatic heterocycles. The van der Waals surface area contributed by atoms with Gasteiger partial charge >= 0.3 is 5.97 Å². The van der Waals surface area contributed by atoms with Gasteiger partial charge in [-0.2, -0.15) is 0 Å². The van der Waals surface area contributed by atoms with Crippen molar-refractivity contribution >= 4 is 28.6 Å². The molecule has 2 aromatic carbocycles. The van der Waals surface area contributed by atoms with Crippen LogP contribution < -0.4 is 16.0 Å². The number of benzene rings is 2. The molecule has 2 atom stereocenters. The highest BCUT2D eigenvalue weighted by Crippen LogP contribution is 2.47. The van der Waals surface area contributed by atoms with Crippen molar-refractivity contribution in [3.05, 3.63) is 101 Å². The predicted molar refractivity (Wildman–Crippen MR) is 166 cm³/mol. The number of anilines is 1. The summed E-state index contributed by atoms with van der Waals surface area (Å²) in [6.45, 7) is 1.37. The average Bonchev–Trinajstić information content (AvgIpc) is 3.74. The molecule has 7 rings (SSSR count). The molecular formula is C35H37N5O3. The first kappa shape index (κ1) is 27.7. The number of esters is 1. The van der Waals surface area contributed by atoms with Crippen LogP contribution in [0, 0.1) is 0 Å². The van der Waals surface area contributed by atoms with Crippen LogP contribution in [0.1, 0.15) is 66.0 Å². The monoisotopic (exact) mass is 575 g/mol. The lowest BCUT2D eigenvalue weighted by atomic mass is 9.79. The van der Waals surface area contributed by atoms with Crippen molar-refractivity contribution in [2.45, 2.75) is 68.5 Å². The predicted octanol–water partition coefficient (Wildman–Crippen LogP) is 4.91. The summed E-state index contributed by atoms with van der Waals surface area (Å²) in [5.74, 6) is 0.567. The van der Waals surface area contributed by atoms with Gasteiger partial charge in [-0.25, -0.2) is 4.98 Å². The van der Waals surface area contributed by atoms with E-state index in [-0.39, 0.29) is 17.9 Å². The number of methoxy groups -OCH3 is 1. The van der Waals surface area contributed by atoms with Gasteiger partial charge in [-0.3, -0.25) is 14.6 Å². The third-order valence-corrected chi connectivity index (χ3v) is 9.72. The molecular weight excluding hydrogens is 538 g/mol. The van der Waals surface area contributed by atoms with Crippen molar-refractivity contribution in [1.29, 1.82) is 0 Å². The van der Waals surface area contributed by atoms with E-state index in [1.807, 2.05) is 24.4 Å². The lowest BCUT2D eigenvalue weighted by Crippen LogP contribution is -2.51. The topological polar surface area (TPSA) is 105 Å². The molecule has 4 aromatic rings. The van der Waals surface area contributed by atoms with E-state index in [2.05, 4.69) is 63.4 Å². The summed E-state index contributed by atoms with van der Waals surface area (Å²) in [5.41, 5.74) is 5.48. The van der Waals surface area contributed by atoms with E-state index in [0.717, 1.165) is 54.1 Å². The summed E-state index contributed by atoms with van der Waals surface area (Å²) in [6.07, 6.45) is 9.56. The fourth-order valence-corrected chi connectivity index (χ4v) is 7.44. The van der Waals surface area contributed by atoms with Gasteiger partial charge in [0, 0.05) is 35.9 Å². The SMILES string of the molecule is COC(=O)C1(NCC[C@H](NCc2cnc3cc4c(cc3c2)C[C@@]2(C4)C(=O)Nc3ncccc32)c2ccccc2)CCCC1. The highest BCUT2D eigenvalue weighted by molar-refractivity contribution is 6.06. The molecule has 3 heterocycles. The summed E-state index contributed by atoms with van der Waals surface area (Å²) in [6, 6.07) is 21.1. The van der Waals surface area contributed by atoms with Gasteiger partial charge in [-0.1, -0.05) is 49.2 Å². The number of nitrogens with zero attached hydrogens (tertiary/aromatic N) is 2. The summed E-state index contributed by atoms with van der Waals surface area (Å²) in [4.78, 5) is 35.0. The second-order valence-corrected chi connectivity index (χ2v) is 12.3. The summed E-state index contributed by atoms with van der Waals surface area (Å²) < 4.78 is 5.15. The zero-order valence-corrected chi connectivity index (χ0v) is 24.5. The van der Waals surface area contributed by atoms with E-state index in [1.165, 1.54) is 23.8 Å². The molecule has 8 nitrogen and oxygen atoms in total. The average molecular weight is 576 g/mol. The zero-order chi connectivity index (χ0) is 29.4. The molecule has 2 aliphatic carbocycles. The van der Waals surface area contributed by atoms with Crippen LogP contribution in [0.4, 0.5) is 5.82 Å². The largest absolute Gasteiger partial charge is 0.468 e. The second kappa shape index (κ2) is 11.2. The minimum atomic E-state index is -0.588. The van der Waals surface area contributed by atoms with Gasteiger partial charge in [0.2, 0.25) is 5.91 Å². The maximum atomic E-state index is 13.2. The molecule has 0 radical (unpaired) electrons. The molecule has 0 bridgehead atoms. The van der Waals surface area contributed by atoms with Gasteiger partial charge in [-0.15, -0.1) is 0 Å². The first-order valence-electron chi connectivity index (χ1n) is 15.3. The Morgan fingerprint density at radius 2 is 1.81 bits per heavy atom. The van der Waals surface area contributed by atoms with E-state index >= 15 is 0 Å². The number of aromatic nitrogens is 2. The van der Waals surface area contributed by atoms with E-state index in [0.29, 0.717) is 31.7 Å². The summed E-state index contributed by atoms with van der Waals surface area (Å²) in [5, 5.41) is 11.4. The number of carbonyl (C=O) groups excluding carboxylic acids is 2. The Bertz CT molecular complexity index is 1680. The van der Waals surface area contributed by atoms with Crippen molar-refractivity contribution in [1.82, 2.24) is 20.6 Å². The van der Waals surface area contributed by atoms with Crippen LogP contribution in [0.25, 0.3) is 10.9 Å². The molecule has 220 valence electrons. The fourth-order valence-electron chi connectivity index (χ4n) is 7.44. The van der Waals surface area contributed by atoms with Crippen molar-refractivity contribution in [3.8, 4) is 0 Å². The Kier molecular flexibility index (Phi) is 7.19. The number of nitrogens with one attached hydrogen (secondary N) is 3. The van der Waals surface area contributed by atoms with Crippen LogP contribution in [0.3, 0.4) is 0 Å². The lowest BCUT2D eigenvalue weighted by Gasteiger charge is -2.28. The molecule has 1 amide bonds. The molecule has 1 fully saturated rings. The Balaban J connectivity index is 1.07. The molecule has 1 saturated carbocycles. The Morgan fingerprint density at radius 3 is 2.60 bits per heavy atom. The van der Waals surface area contributed by atoms with Crippen LogP contribution >= 0.6 is 0 Å². The molecule has 1 spiro atoms. The highest BCUT2D eigenvalue weighted by Gasteiger charge is 2.51. The lowest BCUT2D eigenvalue weighted by molar-refractivity contribution is -0.148. The third kappa shape index (κ3) is 4.98. The summed E-state index contributed by atoms with van der Waals surface area (Å²) in [7, 11) is 1.48. The minimum absolute atomic E-state index is 0.0335. The first-order chi connectivity index (χ1) is 21.0.